The van der Waals surface area contributed by atoms with Crippen LogP contribution in [0.3, 0.4) is 0 Å². The predicted octanol–water partition coefficient (Wildman–Crippen LogP) is 1.88. The molecule has 0 radical (unpaired) electrons. The van der Waals surface area contributed by atoms with Gasteiger partial charge in [0, 0.05) is 0 Å². The summed E-state index contributed by atoms with van der Waals surface area (Å²) in [7, 11) is 0. The van der Waals surface area contributed by atoms with E-state index >= 15 is 0 Å². The van der Waals surface area contributed by atoms with E-state index in [0.29, 0.717) is 12.7 Å². The van der Waals surface area contributed by atoms with Crippen LogP contribution in [0.4, 0.5) is 0 Å². The van der Waals surface area contributed by atoms with Gasteiger partial charge in [-0.15, -0.1) is 0 Å². The van der Waals surface area contributed by atoms with Gasteiger partial charge in [-0.1, -0.05) is 29.8 Å². The number of aldehydes is 1. The summed E-state index contributed by atoms with van der Waals surface area (Å²) in [6.07, 6.45) is 1.80. The highest BCUT2D eigenvalue weighted by atomic mass is 16.3. The first-order chi connectivity index (χ1) is 6.53. The smallest absolute Gasteiger partial charge is 0.151 e. The summed E-state index contributed by atoms with van der Waals surface area (Å²) in [6.45, 7) is 3.57. The lowest BCUT2D eigenvalue weighted by Gasteiger charge is -2.14. The van der Waals surface area contributed by atoms with Crippen molar-refractivity contribution >= 4 is 6.29 Å². The normalized spacial score (nSPS) is 14.8. The molecule has 1 unspecified atom stereocenters. The van der Waals surface area contributed by atoms with Gasteiger partial charge in [-0.05, 0) is 32.3 Å². The van der Waals surface area contributed by atoms with Gasteiger partial charge in [0.1, 0.15) is 5.60 Å². The van der Waals surface area contributed by atoms with Gasteiger partial charge in [0.05, 0.1) is 0 Å². The van der Waals surface area contributed by atoms with E-state index in [0.717, 1.165) is 12.0 Å². The third kappa shape index (κ3) is 3.30. The molecule has 0 aromatic heterocycles. The van der Waals surface area contributed by atoms with Crippen molar-refractivity contribution in [3.05, 3.63) is 35.4 Å². The Bertz CT molecular complexity index is 299. The second-order valence-electron chi connectivity index (χ2n) is 3.96. The summed E-state index contributed by atoms with van der Waals surface area (Å²) >= 11 is 0. The molecule has 1 N–H and O–H groups in total. The number of hydrogen-bond donors (Lipinski definition) is 1. The maximum absolute atomic E-state index is 10.5. The van der Waals surface area contributed by atoms with E-state index in [1.54, 1.807) is 0 Å². The van der Waals surface area contributed by atoms with Crippen LogP contribution in [0.25, 0.3) is 0 Å². The Kier molecular flexibility index (Phi) is 3.42. The predicted molar refractivity (Wildman–Crippen MR) is 56.2 cm³/mol. The van der Waals surface area contributed by atoms with Crippen LogP contribution in [0.15, 0.2) is 24.3 Å². The van der Waals surface area contributed by atoms with Gasteiger partial charge in [0.2, 0.25) is 0 Å². The molecule has 0 saturated heterocycles. The molecular formula is C12H16O2. The van der Waals surface area contributed by atoms with Crippen molar-refractivity contribution in [1.29, 1.82) is 0 Å². The lowest BCUT2D eigenvalue weighted by Crippen LogP contribution is -2.26. The summed E-state index contributed by atoms with van der Waals surface area (Å²) in [5.74, 6) is 0. The minimum atomic E-state index is -1.19. The van der Waals surface area contributed by atoms with E-state index in [4.69, 9.17) is 0 Å². The van der Waals surface area contributed by atoms with Crippen LogP contribution in [0, 0.1) is 6.92 Å². The van der Waals surface area contributed by atoms with Gasteiger partial charge in [0.15, 0.2) is 6.29 Å². The minimum absolute atomic E-state index is 0.472. The zero-order valence-corrected chi connectivity index (χ0v) is 8.66. The molecule has 2 nitrogen and oxygen atoms in total. The van der Waals surface area contributed by atoms with E-state index in [2.05, 4.69) is 0 Å². The van der Waals surface area contributed by atoms with E-state index in [1.165, 1.54) is 12.5 Å². The zero-order valence-electron chi connectivity index (χ0n) is 8.66. The number of aliphatic hydroxyl groups is 1. The number of aryl methyl sites for hydroxylation is 2. The first-order valence-electron chi connectivity index (χ1n) is 4.78. The van der Waals surface area contributed by atoms with Crippen LogP contribution in [0.5, 0.6) is 0 Å². The number of carbonyl (C=O) groups is 1. The Morgan fingerprint density at radius 1 is 1.36 bits per heavy atom. The Balaban J connectivity index is 2.54. The van der Waals surface area contributed by atoms with Crippen LogP contribution in [-0.2, 0) is 11.2 Å². The Hall–Kier alpha value is -1.15. The topological polar surface area (TPSA) is 37.3 Å². The van der Waals surface area contributed by atoms with Crippen LogP contribution in [0.1, 0.15) is 24.5 Å². The van der Waals surface area contributed by atoms with Gasteiger partial charge < -0.3 is 9.90 Å². The summed E-state index contributed by atoms with van der Waals surface area (Å²) in [6, 6.07) is 8.11. The highest BCUT2D eigenvalue weighted by Gasteiger charge is 2.18. The first kappa shape index (κ1) is 10.9. The molecule has 76 valence electrons. The second kappa shape index (κ2) is 4.38. The summed E-state index contributed by atoms with van der Waals surface area (Å²) in [5, 5.41) is 9.47. The molecule has 0 amide bonds. The van der Waals surface area contributed by atoms with Crippen molar-refractivity contribution in [2.24, 2.45) is 0 Å². The summed E-state index contributed by atoms with van der Waals surface area (Å²) in [4.78, 5) is 10.5. The maximum Gasteiger partial charge on any atom is 0.151 e. The van der Waals surface area contributed by atoms with Gasteiger partial charge in [-0.25, -0.2) is 0 Å². The molecule has 14 heavy (non-hydrogen) atoms. The standard InChI is InChI=1S/C12H16O2/c1-10-3-5-11(6-4-10)7-8-12(2,14)9-13/h3-6,9,14H,7-8H2,1-2H3. The van der Waals surface area contributed by atoms with Crippen LogP contribution in [-0.4, -0.2) is 17.0 Å². The second-order valence-corrected chi connectivity index (χ2v) is 3.96. The lowest BCUT2D eigenvalue weighted by molar-refractivity contribution is -0.122. The highest BCUT2D eigenvalue weighted by Crippen LogP contribution is 2.12. The fourth-order valence-electron chi connectivity index (χ4n) is 1.21. The number of benzene rings is 1. The fraction of sp³-hybridized carbons (Fsp3) is 0.417. The summed E-state index contributed by atoms with van der Waals surface area (Å²) in [5.41, 5.74) is 1.18. The first-order valence-corrected chi connectivity index (χ1v) is 4.78. The quantitative estimate of drug-likeness (QED) is 0.739. The minimum Gasteiger partial charge on any atom is -0.383 e. The van der Waals surface area contributed by atoms with Gasteiger partial charge >= 0.3 is 0 Å². The highest BCUT2D eigenvalue weighted by molar-refractivity contribution is 5.61. The van der Waals surface area contributed by atoms with Crippen molar-refractivity contribution < 1.29 is 9.90 Å². The van der Waals surface area contributed by atoms with E-state index in [9.17, 15) is 9.90 Å². The van der Waals surface area contributed by atoms with Crippen molar-refractivity contribution in [2.75, 3.05) is 0 Å². The number of carbonyl (C=O) groups excluding carboxylic acids is 1. The van der Waals surface area contributed by atoms with E-state index in [1.807, 2.05) is 31.2 Å². The van der Waals surface area contributed by atoms with Crippen LogP contribution >= 0.6 is 0 Å². The molecule has 0 spiro atoms. The molecule has 1 aromatic rings. The Morgan fingerprint density at radius 3 is 2.43 bits per heavy atom. The molecule has 0 heterocycles. The van der Waals surface area contributed by atoms with Gasteiger partial charge in [-0.2, -0.15) is 0 Å². The van der Waals surface area contributed by atoms with Crippen molar-refractivity contribution in [3.8, 4) is 0 Å². The van der Waals surface area contributed by atoms with Crippen molar-refractivity contribution in [3.63, 3.8) is 0 Å². The maximum atomic E-state index is 10.5. The number of hydrogen-bond acceptors (Lipinski definition) is 2. The van der Waals surface area contributed by atoms with Gasteiger partial charge in [-0.3, -0.25) is 0 Å². The molecular weight excluding hydrogens is 176 g/mol. The van der Waals surface area contributed by atoms with Crippen LogP contribution < -0.4 is 0 Å². The monoisotopic (exact) mass is 192 g/mol. The molecule has 0 aliphatic rings. The Labute approximate surface area is 84.6 Å². The molecule has 0 saturated carbocycles. The molecule has 0 aliphatic carbocycles. The van der Waals surface area contributed by atoms with Crippen LogP contribution in [0.2, 0.25) is 0 Å². The third-order valence-electron chi connectivity index (χ3n) is 2.29. The SMILES string of the molecule is Cc1ccc(CCC(C)(O)C=O)cc1. The van der Waals surface area contributed by atoms with Crippen molar-refractivity contribution in [2.45, 2.75) is 32.3 Å². The molecule has 0 aliphatic heterocycles. The zero-order chi connectivity index (χ0) is 10.6. The third-order valence-corrected chi connectivity index (χ3v) is 2.29. The average Bonchev–Trinajstić information content (AvgIpc) is 2.17. The van der Waals surface area contributed by atoms with E-state index < -0.39 is 5.60 Å². The molecule has 1 atom stereocenters. The average molecular weight is 192 g/mol. The molecule has 1 rings (SSSR count). The van der Waals surface area contributed by atoms with Gasteiger partial charge in [0.25, 0.3) is 0 Å². The molecule has 0 fully saturated rings. The molecule has 1 aromatic carbocycles. The largest absolute Gasteiger partial charge is 0.383 e. The Morgan fingerprint density at radius 2 is 1.93 bits per heavy atom. The molecule has 0 bridgehead atoms. The van der Waals surface area contributed by atoms with E-state index in [-0.39, 0.29) is 0 Å². The fourth-order valence-corrected chi connectivity index (χ4v) is 1.21. The molecule has 2 heteroatoms. The van der Waals surface area contributed by atoms with Crippen molar-refractivity contribution in [1.82, 2.24) is 0 Å². The lowest BCUT2D eigenvalue weighted by atomic mass is 9.98. The number of rotatable bonds is 4. The summed E-state index contributed by atoms with van der Waals surface area (Å²) < 4.78 is 0.